The van der Waals surface area contributed by atoms with E-state index in [4.69, 9.17) is 5.73 Å². The quantitative estimate of drug-likeness (QED) is 0.685. The molecule has 0 amide bonds. The maximum Gasteiger partial charge on any atom is 0.0197 e. The van der Waals surface area contributed by atoms with Crippen molar-refractivity contribution in [3.05, 3.63) is 0 Å². The molecule has 4 heteroatoms. The SMILES string of the molecule is CN1CCN(CC(N)C2CCNCC2)CC1. The lowest BCUT2D eigenvalue weighted by atomic mass is 9.90. The van der Waals surface area contributed by atoms with Crippen molar-refractivity contribution in [1.29, 1.82) is 0 Å². The Morgan fingerprint density at radius 3 is 2.44 bits per heavy atom. The molecule has 2 fully saturated rings. The van der Waals surface area contributed by atoms with Gasteiger partial charge in [-0.05, 0) is 38.9 Å². The van der Waals surface area contributed by atoms with Crippen LogP contribution in [0.25, 0.3) is 0 Å². The molecule has 0 aliphatic carbocycles. The molecule has 0 spiro atoms. The average Bonchev–Trinajstić information content (AvgIpc) is 2.33. The summed E-state index contributed by atoms with van der Waals surface area (Å²) < 4.78 is 0. The minimum atomic E-state index is 0.380. The number of rotatable bonds is 3. The van der Waals surface area contributed by atoms with Crippen molar-refractivity contribution in [1.82, 2.24) is 15.1 Å². The number of hydrogen-bond donors (Lipinski definition) is 2. The molecular formula is C12H26N4. The van der Waals surface area contributed by atoms with Gasteiger partial charge in [0, 0.05) is 38.8 Å². The van der Waals surface area contributed by atoms with Crippen LogP contribution in [0.1, 0.15) is 12.8 Å². The predicted molar refractivity (Wildman–Crippen MR) is 67.5 cm³/mol. The maximum absolute atomic E-state index is 6.33. The number of nitrogens with one attached hydrogen (secondary N) is 1. The van der Waals surface area contributed by atoms with Gasteiger partial charge in [-0.2, -0.15) is 0 Å². The van der Waals surface area contributed by atoms with E-state index in [0.717, 1.165) is 25.6 Å². The summed E-state index contributed by atoms with van der Waals surface area (Å²) in [6.45, 7) is 8.17. The van der Waals surface area contributed by atoms with E-state index in [1.54, 1.807) is 0 Å². The number of nitrogens with zero attached hydrogens (tertiary/aromatic N) is 2. The summed E-state index contributed by atoms with van der Waals surface area (Å²) in [5, 5.41) is 3.40. The van der Waals surface area contributed by atoms with Gasteiger partial charge in [0.1, 0.15) is 0 Å². The molecule has 0 radical (unpaired) electrons. The molecule has 3 N–H and O–H groups in total. The van der Waals surface area contributed by atoms with Crippen LogP contribution in [0.15, 0.2) is 0 Å². The number of nitrogens with two attached hydrogens (primary N) is 1. The van der Waals surface area contributed by atoms with Crippen molar-refractivity contribution in [2.75, 3.05) is 52.9 Å². The van der Waals surface area contributed by atoms with E-state index in [0.29, 0.717) is 6.04 Å². The Morgan fingerprint density at radius 2 is 1.81 bits per heavy atom. The van der Waals surface area contributed by atoms with Crippen molar-refractivity contribution in [3.8, 4) is 0 Å². The van der Waals surface area contributed by atoms with Gasteiger partial charge in [-0.1, -0.05) is 0 Å². The molecule has 2 saturated heterocycles. The van der Waals surface area contributed by atoms with Gasteiger partial charge in [0.25, 0.3) is 0 Å². The molecule has 16 heavy (non-hydrogen) atoms. The van der Waals surface area contributed by atoms with E-state index < -0.39 is 0 Å². The molecule has 1 unspecified atom stereocenters. The highest BCUT2D eigenvalue weighted by molar-refractivity contribution is 4.82. The van der Waals surface area contributed by atoms with Gasteiger partial charge in [0.15, 0.2) is 0 Å². The van der Waals surface area contributed by atoms with Crippen LogP contribution in [0.4, 0.5) is 0 Å². The first-order valence-corrected chi connectivity index (χ1v) is 6.63. The van der Waals surface area contributed by atoms with Crippen molar-refractivity contribution in [3.63, 3.8) is 0 Å². The zero-order chi connectivity index (χ0) is 11.4. The van der Waals surface area contributed by atoms with Gasteiger partial charge in [-0.15, -0.1) is 0 Å². The third-order valence-electron chi connectivity index (χ3n) is 4.05. The van der Waals surface area contributed by atoms with Crippen LogP contribution in [-0.4, -0.2) is 68.7 Å². The summed E-state index contributed by atoms with van der Waals surface area (Å²) in [5.41, 5.74) is 6.33. The molecule has 0 aromatic heterocycles. The first kappa shape index (κ1) is 12.3. The smallest absolute Gasteiger partial charge is 0.0197 e. The average molecular weight is 226 g/mol. The highest BCUT2D eigenvalue weighted by atomic mass is 15.2. The molecule has 94 valence electrons. The summed E-state index contributed by atoms with van der Waals surface area (Å²) in [7, 11) is 2.20. The van der Waals surface area contributed by atoms with Gasteiger partial charge >= 0.3 is 0 Å². The van der Waals surface area contributed by atoms with E-state index in [1.165, 1.54) is 39.0 Å². The molecule has 2 aliphatic rings. The summed E-state index contributed by atoms with van der Waals surface area (Å²) in [6, 6.07) is 0.380. The number of likely N-dealkylation sites (N-methyl/N-ethyl adjacent to an activating group) is 1. The van der Waals surface area contributed by atoms with Crippen LogP contribution in [0.5, 0.6) is 0 Å². The molecule has 0 bridgehead atoms. The van der Waals surface area contributed by atoms with Gasteiger partial charge in [-0.25, -0.2) is 0 Å². The topological polar surface area (TPSA) is 44.5 Å². The second-order valence-corrected chi connectivity index (χ2v) is 5.36. The summed E-state index contributed by atoms with van der Waals surface area (Å²) >= 11 is 0. The van der Waals surface area contributed by atoms with Crippen LogP contribution in [0.2, 0.25) is 0 Å². The zero-order valence-electron chi connectivity index (χ0n) is 10.5. The highest BCUT2D eigenvalue weighted by Gasteiger charge is 2.23. The minimum absolute atomic E-state index is 0.380. The van der Waals surface area contributed by atoms with Crippen LogP contribution >= 0.6 is 0 Å². The van der Waals surface area contributed by atoms with E-state index in [1.807, 2.05) is 0 Å². The van der Waals surface area contributed by atoms with Crippen molar-refractivity contribution in [2.45, 2.75) is 18.9 Å². The largest absolute Gasteiger partial charge is 0.326 e. The fraction of sp³-hybridized carbons (Fsp3) is 1.00. The predicted octanol–water partition coefficient (Wildman–Crippen LogP) is -0.439. The van der Waals surface area contributed by atoms with Crippen LogP contribution < -0.4 is 11.1 Å². The fourth-order valence-electron chi connectivity index (χ4n) is 2.75. The van der Waals surface area contributed by atoms with Crippen LogP contribution in [-0.2, 0) is 0 Å². The van der Waals surface area contributed by atoms with Gasteiger partial charge in [-0.3, -0.25) is 4.90 Å². The highest BCUT2D eigenvalue weighted by Crippen LogP contribution is 2.16. The van der Waals surface area contributed by atoms with Crippen LogP contribution in [0, 0.1) is 5.92 Å². The Kier molecular flexibility index (Phi) is 4.58. The standard InChI is InChI=1S/C12H26N4/c1-15-6-8-16(9-7-15)10-12(13)11-2-4-14-5-3-11/h11-12,14H,2-10,13H2,1H3. The van der Waals surface area contributed by atoms with Crippen molar-refractivity contribution in [2.24, 2.45) is 11.7 Å². The Balaban J connectivity index is 1.71. The molecule has 0 saturated carbocycles. The van der Waals surface area contributed by atoms with E-state index in [-0.39, 0.29) is 0 Å². The Hall–Kier alpha value is -0.160. The minimum Gasteiger partial charge on any atom is -0.326 e. The first-order valence-electron chi connectivity index (χ1n) is 6.63. The van der Waals surface area contributed by atoms with Gasteiger partial charge < -0.3 is 16.0 Å². The molecule has 2 aliphatic heterocycles. The molecule has 0 aromatic rings. The normalized spacial score (nSPS) is 28.1. The van der Waals surface area contributed by atoms with Crippen molar-refractivity contribution < 1.29 is 0 Å². The zero-order valence-corrected chi connectivity index (χ0v) is 10.5. The monoisotopic (exact) mass is 226 g/mol. The van der Waals surface area contributed by atoms with Crippen LogP contribution in [0.3, 0.4) is 0 Å². The molecular weight excluding hydrogens is 200 g/mol. The lowest BCUT2D eigenvalue weighted by Crippen LogP contribution is -2.51. The Labute approximate surface area is 99.2 Å². The second kappa shape index (κ2) is 5.96. The Morgan fingerprint density at radius 1 is 1.19 bits per heavy atom. The summed E-state index contributed by atoms with van der Waals surface area (Å²) in [5.74, 6) is 0.737. The third-order valence-corrected chi connectivity index (χ3v) is 4.05. The van der Waals surface area contributed by atoms with E-state index in [2.05, 4.69) is 22.2 Å². The molecule has 2 heterocycles. The van der Waals surface area contributed by atoms with E-state index in [9.17, 15) is 0 Å². The van der Waals surface area contributed by atoms with E-state index >= 15 is 0 Å². The summed E-state index contributed by atoms with van der Waals surface area (Å²) in [6.07, 6.45) is 2.52. The number of piperidine rings is 1. The summed E-state index contributed by atoms with van der Waals surface area (Å²) in [4.78, 5) is 4.93. The van der Waals surface area contributed by atoms with Gasteiger partial charge in [0.05, 0.1) is 0 Å². The maximum atomic E-state index is 6.33. The lowest BCUT2D eigenvalue weighted by molar-refractivity contribution is 0.133. The van der Waals surface area contributed by atoms with Gasteiger partial charge in [0.2, 0.25) is 0 Å². The first-order chi connectivity index (χ1) is 7.75. The number of hydrogen-bond acceptors (Lipinski definition) is 4. The second-order valence-electron chi connectivity index (χ2n) is 5.36. The molecule has 1 atom stereocenters. The van der Waals surface area contributed by atoms with Crippen molar-refractivity contribution >= 4 is 0 Å². The molecule has 2 rings (SSSR count). The Bertz CT molecular complexity index is 195. The third kappa shape index (κ3) is 3.42. The fourth-order valence-corrected chi connectivity index (χ4v) is 2.75. The number of piperazine rings is 1. The molecule has 4 nitrogen and oxygen atoms in total. The molecule has 0 aromatic carbocycles. The lowest BCUT2D eigenvalue weighted by Gasteiger charge is -2.36.